The topological polar surface area (TPSA) is 46.7 Å². The highest BCUT2D eigenvalue weighted by Crippen LogP contribution is 2.24. The molecule has 0 bridgehead atoms. The van der Waals surface area contributed by atoms with Crippen LogP contribution >= 0.6 is 22.9 Å². The van der Waals surface area contributed by atoms with Crippen molar-refractivity contribution in [1.82, 2.24) is 9.38 Å². The lowest BCUT2D eigenvalue weighted by Gasteiger charge is -2.06. The normalized spacial score (nSPS) is 12.2. The molecule has 0 unspecified atom stereocenters. The second-order valence-corrected chi connectivity index (χ2v) is 7.14. The summed E-state index contributed by atoms with van der Waals surface area (Å²) in [5.41, 5.74) is 2.04. The highest BCUT2D eigenvalue weighted by atomic mass is 35.5. The van der Waals surface area contributed by atoms with Crippen molar-refractivity contribution >= 4 is 33.6 Å². The number of halogens is 3. The molecule has 8 heteroatoms. The molecule has 0 aliphatic carbocycles. The highest BCUT2D eigenvalue weighted by Gasteiger charge is 2.16. The quantitative estimate of drug-likeness (QED) is 0.508. The Morgan fingerprint density at radius 2 is 2.00 bits per heavy atom. The summed E-state index contributed by atoms with van der Waals surface area (Å²) in [6.45, 7) is 3.73. The minimum atomic E-state index is -1.01. The fourth-order valence-electron chi connectivity index (χ4n) is 2.63. The lowest BCUT2D eigenvalue weighted by Crippen LogP contribution is -2.18. The Morgan fingerprint density at radius 3 is 2.68 bits per heavy atom. The Kier molecular flexibility index (Phi) is 4.71. The molecule has 1 aromatic carbocycles. The number of aryl methyl sites for hydroxylation is 1. The summed E-state index contributed by atoms with van der Waals surface area (Å²) in [7, 11) is 1.66. The Bertz CT molecular complexity index is 1070. The van der Waals surface area contributed by atoms with Crippen molar-refractivity contribution in [3.63, 3.8) is 0 Å². The average molecular weight is 382 g/mol. The predicted octanol–water partition coefficient (Wildman–Crippen LogP) is 4.03. The molecule has 130 valence electrons. The van der Waals surface area contributed by atoms with Crippen LogP contribution in [0.1, 0.15) is 28.8 Å². The largest absolute Gasteiger partial charge is 0.291 e. The number of aliphatic imine (C=N–C) groups is 1. The van der Waals surface area contributed by atoms with E-state index in [0.29, 0.717) is 16.2 Å². The Morgan fingerprint density at radius 1 is 1.32 bits per heavy atom. The SMILES string of the molecule is CN=C(C)c1c(C)sc2nc(Cc3cc(F)c(F)cc3Cl)cc(=O)n12. The Labute approximate surface area is 151 Å². The predicted molar refractivity (Wildman–Crippen MR) is 96.4 cm³/mol. The molecule has 25 heavy (non-hydrogen) atoms. The van der Waals surface area contributed by atoms with Crippen LogP contribution in [0.4, 0.5) is 8.78 Å². The molecule has 0 amide bonds. The monoisotopic (exact) mass is 381 g/mol. The van der Waals surface area contributed by atoms with E-state index in [9.17, 15) is 13.6 Å². The minimum Gasteiger partial charge on any atom is -0.291 e. The molecular weight excluding hydrogens is 368 g/mol. The van der Waals surface area contributed by atoms with Crippen molar-refractivity contribution in [3.05, 3.63) is 67.0 Å². The van der Waals surface area contributed by atoms with Crippen LogP contribution in [-0.2, 0) is 6.42 Å². The molecule has 3 rings (SSSR count). The maximum Gasteiger partial charge on any atom is 0.259 e. The van der Waals surface area contributed by atoms with E-state index >= 15 is 0 Å². The second-order valence-electron chi connectivity index (χ2n) is 5.55. The van der Waals surface area contributed by atoms with E-state index in [4.69, 9.17) is 11.6 Å². The molecule has 0 saturated carbocycles. The van der Waals surface area contributed by atoms with Gasteiger partial charge in [-0.25, -0.2) is 18.2 Å². The Hall–Kier alpha value is -2.12. The van der Waals surface area contributed by atoms with Crippen molar-refractivity contribution in [2.45, 2.75) is 20.3 Å². The number of nitrogens with zero attached hydrogens (tertiary/aromatic N) is 3. The molecule has 3 aromatic rings. The average Bonchev–Trinajstić information content (AvgIpc) is 2.88. The van der Waals surface area contributed by atoms with Gasteiger partial charge in [0.05, 0.1) is 17.1 Å². The zero-order valence-corrected chi connectivity index (χ0v) is 15.3. The van der Waals surface area contributed by atoms with Gasteiger partial charge >= 0.3 is 0 Å². The van der Waals surface area contributed by atoms with Crippen molar-refractivity contribution in [1.29, 1.82) is 0 Å². The third-order valence-electron chi connectivity index (χ3n) is 3.88. The van der Waals surface area contributed by atoms with Crippen LogP contribution in [0, 0.1) is 18.6 Å². The minimum absolute atomic E-state index is 0.0953. The van der Waals surface area contributed by atoms with Crippen molar-refractivity contribution in [3.8, 4) is 0 Å². The van der Waals surface area contributed by atoms with E-state index in [2.05, 4.69) is 9.98 Å². The maximum absolute atomic E-state index is 13.4. The van der Waals surface area contributed by atoms with E-state index in [0.717, 1.165) is 28.4 Å². The number of benzene rings is 1. The second kappa shape index (κ2) is 6.65. The first-order valence-corrected chi connectivity index (χ1v) is 8.60. The number of rotatable bonds is 3. The van der Waals surface area contributed by atoms with Gasteiger partial charge in [-0.3, -0.25) is 9.79 Å². The Balaban J connectivity index is 2.12. The van der Waals surface area contributed by atoms with E-state index in [1.54, 1.807) is 7.05 Å². The van der Waals surface area contributed by atoms with Crippen LogP contribution in [0.5, 0.6) is 0 Å². The van der Waals surface area contributed by atoms with E-state index in [1.165, 1.54) is 21.8 Å². The maximum atomic E-state index is 13.4. The number of hydrogen-bond acceptors (Lipinski definition) is 4. The molecule has 0 saturated heterocycles. The highest BCUT2D eigenvalue weighted by molar-refractivity contribution is 7.17. The molecule has 0 aliphatic rings. The lowest BCUT2D eigenvalue weighted by atomic mass is 10.1. The fourth-order valence-corrected chi connectivity index (χ4v) is 3.89. The first-order valence-electron chi connectivity index (χ1n) is 7.41. The lowest BCUT2D eigenvalue weighted by molar-refractivity contribution is 0.507. The third-order valence-corrected chi connectivity index (χ3v) is 5.19. The third kappa shape index (κ3) is 3.21. The molecule has 4 nitrogen and oxygen atoms in total. The van der Waals surface area contributed by atoms with Gasteiger partial charge in [0.1, 0.15) is 0 Å². The summed E-state index contributed by atoms with van der Waals surface area (Å²) in [6, 6.07) is 3.33. The first kappa shape index (κ1) is 17.7. The summed E-state index contributed by atoms with van der Waals surface area (Å²) in [6.07, 6.45) is 0.134. The van der Waals surface area contributed by atoms with Gasteiger partial charge in [-0.15, -0.1) is 11.3 Å². The van der Waals surface area contributed by atoms with Gasteiger partial charge in [0.15, 0.2) is 16.6 Å². The van der Waals surface area contributed by atoms with Crippen molar-refractivity contribution in [2.24, 2.45) is 4.99 Å². The van der Waals surface area contributed by atoms with Crippen LogP contribution in [0.2, 0.25) is 5.02 Å². The molecule has 0 atom stereocenters. The summed E-state index contributed by atoms with van der Waals surface area (Å²) in [5.74, 6) is -1.99. The molecule has 0 radical (unpaired) electrons. The first-order chi connectivity index (χ1) is 11.8. The molecule has 2 aromatic heterocycles. The number of fused-ring (bicyclic) bond motifs is 1. The number of hydrogen-bond donors (Lipinski definition) is 0. The molecule has 2 heterocycles. The fraction of sp³-hybridized carbons (Fsp3) is 0.235. The van der Waals surface area contributed by atoms with Crippen LogP contribution in [0.15, 0.2) is 28.0 Å². The molecule has 0 N–H and O–H groups in total. The van der Waals surface area contributed by atoms with Gasteiger partial charge in [-0.1, -0.05) is 11.6 Å². The summed E-state index contributed by atoms with van der Waals surface area (Å²) in [5, 5.41) is 0.0953. The smallest absolute Gasteiger partial charge is 0.259 e. The van der Waals surface area contributed by atoms with Gasteiger partial charge in [-0.2, -0.15) is 0 Å². The van der Waals surface area contributed by atoms with Crippen molar-refractivity contribution < 1.29 is 8.78 Å². The van der Waals surface area contributed by atoms with Crippen molar-refractivity contribution in [2.75, 3.05) is 7.05 Å². The zero-order chi connectivity index (χ0) is 18.3. The molecule has 0 spiro atoms. The number of thiazole rings is 1. The van der Waals surface area contributed by atoms with E-state index < -0.39 is 11.6 Å². The van der Waals surface area contributed by atoms with E-state index in [-0.39, 0.29) is 17.0 Å². The summed E-state index contributed by atoms with van der Waals surface area (Å²) >= 11 is 7.34. The number of aromatic nitrogens is 2. The van der Waals surface area contributed by atoms with Gasteiger partial charge < -0.3 is 0 Å². The van der Waals surface area contributed by atoms with Crippen LogP contribution in [0.3, 0.4) is 0 Å². The van der Waals surface area contributed by atoms with Crippen LogP contribution in [0.25, 0.3) is 4.96 Å². The summed E-state index contributed by atoms with van der Waals surface area (Å²) < 4.78 is 28.1. The molecule has 0 fully saturated rings. The van der Waals surface area contributed by atoms with Gasteiger partial charge in [0, 0.05) is 29.4 Å². The summed E-state index contributed by atoms with van der Waals surface area (Å²) in [4.78, 5) is 22.6. The van der Waals surface area contributed by atoms with Gasteiger partial charge in [-0.05, 0) is 31.5 Å². The molecular formula is C17H14ClF2N3OS. The van der Waals surface area contributed by atoms with Crippen LogP contribution in [-0.4, -0.2) is 22.1 Å². The molecule has 0 aliphatic heterocycles. The van der Waals surface area contributed by atoms with Crippen LogP contribution < -0.4 is 5.56 Å². The zero-order valence-electron chi connectivity index (χ0n) is 13.7. The standard InChI is InChI=1S/C17H14ClF2N3OS/c1-8(21-3)16-9(2)25-17-22-11(6-15(24)23(16)17)4-10-5-13(19)14(20)7-12(10)18/h5-7H,4H2,1-3H3. The van der Waals surface area contributed by atoms with E-state index in [1.807, 2.05) is 13.8 Å². The van der Waals surface area contributed by atoms with Gasteiger partial charge in [0.25, 0.3) is 5.56 Å². The van der Waals surface area contributed by atoms with Gasteiger partial charge in [0.2, 0.25) is 0 Å².